The normalized spacial score (nSPS) is 11.8. The summed E-state index contributed by atoms with van der Waals surface area (Å²) in [6, 6.07) is 4.48. The molecule has 1 aromatic carbocycles. The minimum Gasteiger partial charge on any atom is -0.480 e. The quantitative estimate of drug-likeness (QED) is 0.798. The van der Waals surface area contributed by atoms with Gasteiger partial charge in [-0.25, -0.2) is 14.0 Å². The van der Waals surface area contributed by atoms with E-state index in [2.05, 4.69) is 5.32 Å². The maximum atomic E-state index is 13.5. The number of carboxylic acid groups (broad SMARTS) is 1. The minimum atomic E-state index is -1.14. The van der Waals surface area contributed by atoms with E-state index in [-0.39, 0.29) is 19.6 Å². The SMILES string of the molecule is COCCC(NC(=O)N(C)Cc1ccccc1F)C(=O)O. The zero-order chi connectivity index (χ0) is 15.8. The summed E-state index contributed by atoms with van der Waals surface area (Å²) in [7, 11) is 2.92. The molecule has 0 aliphatic heterocycles. The number of carboxylic acids is 1. The molecule has 0 saturated carbocycles. The fourth-order valence-corrected chi connectivity index (χ4v) is 1.71. The largest absolute Gasteiger partial charge is 0.480 e. The molecular weight excluding hydrogens is 279 g/mol. The van der Waals surface area contributed by atoms with Gasteiger partial charge in [0.1, 0.15) is 11.9 Å². The van der Waals surface area contributed by atoms with Crippen molar-refractivity contribution >= 4 is 12.0 Å². The molecule has 1 aromatic rings. The van der Waals surface area contributed by atoms with E-state index in [0.29, 0.717) is 5.56 Å². The summed E-state index contributed by atoms with van der Waals surface area (Å²) in [6.45, 7) is 0.267. The van der Waals surface area contributed by atoms with Gasteiger partial charge in [0.05, 0.1) is 0 Å². The lowest BCUT2D eigenvalue weighted by molar-refractivity contribution is -0.139. The van der Waals surface area contributed by atoms with Crippen molar-refractivity contribution in [1.82, 2.24) is 10.2 Å². The third kappa shape index (κ3) is 5.39. The summed E-state index contributed by atoms with van der Waals surface area (Å²) in [4.78, 5) is 24.2. The fourth-order valence-electron chi connectivity index (χ4n) is 1.71. The van der Waals surface area contributed by atoms with Gasteiger partial charge < -0.3 is 20.1 Å². The van der Waals surface area contributed by atoms with Crippen LogP contribution in [0.2, 0.25) is 0 Å². The smallest absolute Gasteiger partial charge is 0.326 e. The van der Waals surface area contributed by atoms with E-state index in [9.17, 15) is 14.0 Å². The second-order valence-corrected chi connectivity index (χ2v) is 4.57. The predicted molar refractivity (Wildman–Crippen MR) is 74.3 cm³/mol. The van der Waals surface area contributed by atoms with Gasteiger partial charge in [0.15, 0.2) is 0 Å². The van der Waals surface area contributed by atoms with Crippen molar-refractivity contribution in [3.63, 3.8) is 0 Å². The van der Waals surface area contributed by atoms with Crippen LogP contribution in [0, 0.1) is 5.82 Å². The van der Waals surface area contributed by atoms with Crippen LogP contribution in [0.4, 0.5) is 9.18 Å². The van der Waals surface area contributed by atoms with Crippen molar-refractivity contribution in [3.05, 3.63) is 35.6 Å². The highest BCUT2D eigenvalue weighted by atomic mass is 19.1. The molecule has 2 N–H and O–H groups in total. The van der Waals surface area contributed by atoms with Gasteiger partial charge in [0, 0.05) is 39.3 Å². The first-order valence-corrected chi connectivity index (χ1v) is 6.42. The van der Waals surface area contributed by atoms with Crippen LogP contribution in [-0.4, -0.2) is 48.8 Å². The number of methoxy groups -OCH3 is 1. The van der Waals surface area contributed by atoms with Crippen molar-refractivity contribution in [2.75, 3.05) is 20.8 Å². The number of rotatable bonds is 7. The number of carbonyl (C=O) groups is 2. The maximum Gasteiger partial charge on any atom is 0.326 e. The number of carbonyl (C=O) groups excluding carboxylic acids is 1. The van der Waals surface area contributed by atoms with Crippen LogP contribution in [0.3, 0.4) is 0 Å². The summed E-state index contributed by atoms with van der Waals surface area (Å²) in [5.74, 6) is -1.55. The molecule has 0 radical (unpaired) electrons. The first kappa shape index (κ1) is 16.9. The van der Waals surface area contributed by atoms with Crippen LogP contribution in [0.25, 0.3) is 0 Å². The molecule has 0 heterocycles. The average molecular weight is 298 g/mol. The van der Waals surface area contributed by atoms with Gasteiger partial charge in [0.2, 0.25) is 0 Å². The van der Waals surface area contributed by atoms with E-state index in [1.807, 2.05) is 0 Å². The summed E-state index contributed by atoms with van der Waals surface area (Å²) in [5, 5.41) is 11.4. The number of urea groups is 1. The monoisotopic (exact) mass is 298 g/mol. The zero-order valence-corrected chi connectivity index (χ0v) is 12.0. The summed E-state index contributed by atoms with van der Waals surface area (Å²) in [5.41, 5.74) is 0.360. The second-order valence-electron chi connectivity index (χ2n) is 4.57. The number of halogens is 1. The van der Waals surface area contributed by atoms with Crippen LogP contribution >= 0.6 is 0 Å². The van der Waals surface area contributed by atoms with Gasteiger partial charge in [-0.05, 0) is 6.07 Å². The maximum absolute atomic E-state index is 13.5. The first-order chi connectivity index (χ1) is 9.95. The second kappa shape index (κ2) is 8.21. The van der Waals surface area contributed by atoms with Crippen molar-refractivity contribution in [2.24, 2.45) is 0 Å². The predicted octanol–water partition coefficient (Wildman–Crippen LogP) is 1.46. The van der Waals surface area contributed by atoms with E-state index in [4.69, 9.17) is 9.84 Å². The van der Waals surface area contributed by atoms with Gasteiger partial charge in [-0.1, -0.05) is 18.2 Å². The third-order valence-corrected chi connectivity index (χ3v) is 2.92. The highest BCUT2D eigenvalue weighted by Crippen LogP contribution is 2.09. The number of ether oxygens (including phenoxy) is 1. The van der Waals surface area contributed by atoms with Gasteiger partial charge >= 0.3 is 12.0 Å². The number of aliphatic carboxylic acids is 1. The third-order valence-electron chi connectivity index (χ3n) is 2.92. The average Bonchev–Trinajstić information content (AvgIpc) is 2.45. The van der Waals surface area contributed by atoms with Crippen molar-refractivity contribution in [3.8, 4) is 0 Å². The highest BCUT2D eigenvalue weighted by Gasteiger charge is 2.21. The Bertz CT molecular complexity index is 496. The number of benzene rings is 1. The number of nitrogens with one attached hydrogen (secondary N) is 1. The standard InChI is InChI=1S/C14H19FN2O4/c1-17(9-10-5-3-4-6-11(10)15)14(20)16-12(13(18)19)7-8-21-2/h3-6,12H,7-9H2,1-2H3,(H,16,20)(H,18,19). The molecule has 0 fully saturated rings. The fraction of sp³-hybridized carbons (Fsp3) is 0.429. The first-order valence-electron chi connectivity index (χ1n) is 6.42. The summed E-state index contributed by atoms with van der Waals surface area (Å²) in [6.07, 6.45) is 0.158. The number of hydrogen-bond acceptors (Lipinski definition) is 3. The molecule has 0 aliphatic rings. The van der Waals surface area contributed by atoms with Gasteiger partial charge in [-0.3, -0.25) is 0 Å². The van der Waals surface area contributed by atoms with Crippen LogP contribution in [-0.2, 0) is 16.1 Å². The van der Waals surface area contributed by atoms with Crippen LogP contribution < -0.4 is 5.32 Å². The van der Waals surface area contributed by atoms with E-state index in [0.717, 1.165) is 0 Å². The van der Waals surface area contributed by atoms with Crippen LogP contribution in [0.5, 0.6) is 0 Å². The zero-order valence-electron chi connectivity index (χ0n) is 12.0. The van der Waals surface area contributed by atoms with E-state index in [1.165, 1.54) is 25.1 Å². The molecular formula is C14H19FN2O4. The summed E-state index contributed by atoms with van der Waals surface area (Å²) < 4.78 is 18.3. The lowest BCUT2D eigenvalue weighted by atomic mass is 10.2. The Hall–Kier alpha value is -2.15. The van der Waals surface area contributed by atoms with Crippen LogP contribution in [0.15, 0.2) is 24.3 Å². The van der Waals surface area contributed by atoms with Crippen molar-refractivity contribution in [2.45, 2.75) is 19.0 Å². The summed E-state index contributed by atoms with van der Waals surface area (Å²) >= 11 is 0. The Morgan fingerprint density at radius 1 is 1.43 bits per heavy atom. The molecule has 1 atom stereocenters. The topological polar surface area (TPSA) is 78.9 Å². The van der Waals surface area contributed by atoms with Crippen LogP contribution in [0.1, 0.15) is 12.0 Å². The molecule has 1 unspecified atom stereocenters. The Morgan fingerprint density at radius 2 is 2.10 bits per heavy atom. The number of amides is 2. The minimum absolute atomic E-state index is 0.0507. The van der Waals surface area contributed by atoms with E-state index < -0.39 is 23.9 Å². The van der Waals surface area contributed by atoms with Crippen molar-refractivity contribution < 1.29 is 23.8 Å². The molecule has 116 valence electrons. The Morgan fingerprint density at radius 3 is 2.67 bits per heavy atom. The molecule has 0 spiro atoms. The Balaban J connectivity index is 2.61. The number of hydrogen-bond donors (Lipinski definition) is 2. The molecule has 2 amide bonds. The molecule has 7 heteroatoms. The highest BCUT2D eigenvalue weighted by molar-refractivity contribution is 5.82. The molecule has 6 nitrogen and oxygen atoms in total. The Labute approximate surface area is 122 Å². The van der Waals surface area contributed by atoms with Crippen molar-refractivity contribution in [1.29, 1.82) is 0 Å². The van der Waals surface area contributed by atoms with E-state index >= 15 is 0 Å². The van der Waals surface area contributed by atoms with Gasteiger partial charge in [0.25, 0.3) is 0 Å². The molecule has 0 aromatic heterocycles. The molecule has 21 heavy (non-hydrogen) atoms. The Kier molecular flexibility index (Phi) is 6.61. The van der Waals surface area contributed by atoms with Gasteiger partial charge in [-0.2, -0.15) is 0 Å². The number of nitrogens with zero attached hydrogens (tertiary/aromatic N) is 1. The van der Waals surface area contributed by atoms with Gasteiger partial charge in [-0.15, -0.1) is 0 Å². The molecule has 0 aliphatic carbocycles. The molecule has 0 bridgehead atoms. The lowest BCUT2D eigenvalue weighted by Crippen LogP contribution is -2.46. The lowest BCUT2D eigenvalue weighted by Gasteiger charge is -2.21. The molecule has 1 rings (SSSR count). The molecule has 0 saturated heterocycles. The van der Waals surface area contributed by atoms with E-state index in [1.54, 1.807) is 18.2 Å².